The van der Waals surface area contributed by atoms with Gasteiger partial charge in [0.15, 0.2) is 17.3 Å². The lowest BCUT2D eigenvalue weighted by molar-refractivity contribution is 0.299. The van der Waals surface area contributed by atoms with Crippen molar-refractivity contribution in [3.05, 3.63) is 21.9 Å². The summed E-state index contributed by atoms with van der Waals surface area (Å²) in [6.07, 6.45) is 0.790. The third-order valence-corrected chi connectivity index (χ3v) is 4.10. The summed E-state index contributed by atoms with van der Waals surface area (Å²) in [5, 5.41) is 19.4. The summed E-state index contributed by atoms with van der Waals surface area (Å²) in [4.78, 5) is 2.05. The van der Waals surface area contributed by atoms with E-state index in [1.165, 1.54) is 6.07 Å². The Hall–Kier alpha value is -0.850. The summed E-state index contributed by atoms with van der Waals surface area (Å²) in [5.41, 5.74) is 6.18. The molecule has 1 aromatic rings. The number of benzene rings is 1. The lowest BCUT2D eigenvalue weighted by atomic mass is 9.98. The molecule has 1 saturated heterocycles. The van der Waals surface area contributed by atoms with Gasteiger partial charge in [-0.25, -0.2) is 4.39 Å². The Morgan fingerprint density at radius 2 is 2.17 bits per heavy atom. The zero-order valence-corrected chi connectivity index (χ0v) is 11.6. The van der Waals surface area contributed by atoms with Crippen molar-refractivity contribution in [2.24, 2.45) is 11.7 Å². The highest BCUT2D eigenvalue weighted by atomic mass is 79.9. The van der Waals surface area contributed by atoms with Gasteiger partial charge in [-0.1, -0.05) is 0 Å². The second kappa shape index (κ2) is 5.03. The van der Waals surface area contributed by atoms with Crippen LogP contribution in [0.25, 0.3) is 0 Å². The minimum absolute atomic E-state index is 0.0543. The van der Waals surface area contributed by atoms with Crippen LogP contribution in [0.1, 0.15) is 18.0 Å². The zero-order chi connectivity index (χ0) is 13.4. The molecular formula is C12H16BrFN2O2. The third-order valence-electron chi connectivity index (χ3n) is 3.52. The van der Waals surface area contributed by atoms with E-state index >= 15 is 0 Å². The molecule has 0 saturated carbocycles. The van der Waals surface area contributed by atoms with Gasteiger partial charge < -0.3 is 15.9 Å². The first-order valence-corrected chi connectivity index (χ1v) is 6.55. The Bertz CT molecular complexity index is 470. The minimum atomic E-state index is -0.840. The normalized spacial score (nSPS) is 24.7. The van der Waals surface area contributed by atoms with Crippen LogP contribution in [0.15, 0.2) is 10.5 Å². The van der Waals surface area contributed by atoms with Crippen LogP contribution in [0.5, 0.6) is 11.5 Å². The van der Waals surface area contributed by atoms with Crippen LogP contribution in [0.4, 0.5) is 4.39 Å². The van der Waals surface area contributed by atoms with Crippen molar-refractivity contribution in [1.29, 1.82) is 0 Å². The number of nitrogens with two attached hydrogens (primary N) is 1. The van der Waals surface area contributed by atoms with Crippen molar-refractivity contribution in [3.63, 3.8) is 0 Å². The standard InChI is InChI=1S/C12H16BrFN2O2/c1-16-5-6(4-15)2-9(16)7-3-8(13)10(14)12(18)11(7)17/h3,6,9,17-18H,2,4-5,15H2,1H3. The van der Waals surface area contributed by atoms with Gasteiger partial charge in [-0.15, -0.1) is 0 Å². The Morgan fingerprint density at radius 3 is 2.72 bits per heavy atom. The molecule has 18 heavy (non-hydrogen) atoms. The number of halogens is 2. The highest BCUT2D eigenvalue weighted by molar-refractivity contribution is 9.10. The zero-order valence-electron chi connectivity index (χ0n) is 10.0. The summed E-state index contributed by atoms with van der Waals surface area (Å²) in [5.74, 6) is -1.58. The maximum absolute atomic E-state index is 13.4. The first-order valence-electron chi connectivity index (χ1n) is 5.75. The highest BCUT2D eigenvalue weighted by Crippen LogP contribution is 2.44. The quantitative estimate of drug-likeness (QED) is 0.729. The van der Waals surface area contributed by atoms with Crippen molar-refractivity contribution in [2.75, 3.05) is 20.1 Å². The van der Waals surface area contributed by atoms with Gasteiger partial charge in [0.1, 0.15) is 0 Å². The molecule has 2 atom stereocenters. The predicted molar refractivity (Wildman–Crippen MR) is 70.0 cm³/mol. The van der Waals surface area contributed by atoms with Crippen LogP contribution in [-0.2, 0) is 0 Å². The fourth-order valence-corrected chi connectivity index (χ4v) is 2.95. The summed E-state index contributed by atoms with van der Waals surface area (Å²) in [6.45, 7) is 1.41. The van der Waals surface area contributed by atoms with Gasteiger partial charge in [0.2, 0.25) is 0 Å². The van der Waals surface area contributed by atoms with E-state index in [0.29, 0.717) is 18.0 Å². The summed E-state index contributed by atoms with van der Waals surface area (Å²) >= 11 is 3.04. The summed E-state index contributed by atoms with van der Waals surface area (Å²) in [7, 11) is 1.92. The van der Waals surface area contributed by atoms with E-state index < -0.39 is 11.6 Å². The number of likely N-dealkylation sites (tertiary alicyclic amines) is 1. The Morgan fingerprint density at radius 1 is 1.50 bits per heavy atom. The molecule has 2 rings (SSSR count). The molecule has 0 spiro atoms. The van der Waals surface area contributed by atoms with Gasteiger partial charge >= 0.3 is 0 Å². The first-order chi connectivity index (χ1) is 8.45. The number of phenols is 2. The Balaban J connectivity index is 2.40. The molecule has 0 amide bonds. The van der Waals surface area contributed by atoms with E-state index in [4.69, 9.17) is 5.73 Å². The van der Waals surface area contributed by atoms with E-state index in [9.17, 15) is 14.6 Å². The second-order valence-corrected chi connectivity index (χ2v) is 5.61. The van der Waals surface area contributed by atoms with E-state index in [0.717, 1.165) is 13.0 Å². The van der Waals surface area contributed by atoms with Crippen LogP contribution in [0, 0.1) is 11.7 Å². The maximum Gasteiger partial charge on any atom is 0.195 e. The predicted octanol–water partition coefficient (Wildman–Crippen LogP) is 1.95. The summed E-state index contributed by atoms with van der Waals surface area (Å²) in [6, 6.07) is 1.46. The van der Waals surface area contributed by atoms with Gasteiger partial charge in [0.05, 0.1) is 4.47 Å². The molecule has 2 unspecified atom stereocenters. The smallest absolute Gasteiger partial charge is 0.195 e. The van der Waals surface area contributed by atoms with Gasteiger partial charge in [-0.2, -0.15) is 0 Å². The number of hydrogen-bond donors (Lipinski definition) is 3. The molecule has 1 aromatic carbocycles. The second-order valence-electron chi connectivity index (χ2n) is 4.75. The van der Waals surface area contributed by atoms with Crippen LogP contribution in [0.3, 0.4) is 0 Å². The maximum atomic E-state index is 13.4. The van der Waals surface area contributed by atoms with Gasteiger partial charge in [0.25, 0.3) is 0 Å². The largest absolute Gasteiger partial charge is 0.504 e. The summed E-state index contributed by atoms with van der Waals surface area (Å²) < 4.78 is 13.6. The number of rotatable bonds is 2. The lowest BCUT2D eigenvalue weighted by Crippen LogP contribution is -2.20. The van der Waals surface area contributed by atoms with Gasteiger partial charge in [-0.3, -0.25) is 4.90 Å². The molecule has 0 aliphatic carbocycles. The third kappa shape index (κ3) is 2.20. The average Bonchev–Trinajstić information content (AvgIpc) is 2.72. The first kappa shape index (κ1) is 13.6. The van der Waals surface area contributed by atoms with Gasteiger partial charge in [0, 0.05) is 18.2 Å². The van der Waals surface area contributed by atoms with Crippen LogP contribution in [0.2, 0.25) is 0 Å². The molecule has 1 fully saturated rings. The number of phenolic OH excluding ortho intramolecular Hbond substituents is 2. The van der Waals surface area contributed by atoms with E-state index in [-0.39, 0.29) is 16.3 Å². The van der Waals surface area contributed by atoms with Crippen LogP contribution >= 0.6 is 15.9 Å². The topological polar surface area (TPSA) is 69.7 Å². The number of aromatic hydroxyl groups is 2. The van der Waals surface area contributed by atoms with E-state index in [2.05, 4.69) is 20.8 Å². The van der Waals surface area contributed by atoms with E-state index in [1.807, 2.05) is 7.05 Å². The van der Waals surface area contributed by atoms with Crippen molar-refractivity contribution >= 4 is 15.9 Å². The minimum Gasteiger partial charge on any atom is -0.504 e. The SMILES string of the molecule is CN1CC(CN)CC1c1cc(Br)c(F)c(O)c1O. The molecule has 100 valence electrons. The Kier molecular flexibility index (Phi) is 3.79. The molecular weight excluding hydrogens is 303 g/mol. The Labute approximate surface area is 113 Å². The molecule has 6 heteroatoms. The van der Waals surface area contributed by atoms with Gasteiger partial charge in [-0.05, 0) is 47.9 Å². The highest BCUT2D eigenvalue weighted by Gasteiger charge is 2.33. The molecule has 1 heterocycles. The molecule has 4 nitrogen and oxygen atoms in total. The molecule has 0 radical (unpaired) electrons. The van der Waals surface area contributed by atoms with Crippen molar-refractivity contribution in [3.8, 4) is 11.5 Å². The molecule has 0 bridgehead atoms. The monoisotopic (exact) mass is 318 g/mol. The lowest BCUT2D eigenvalue weighted by Gasteiger charge is -2.21. The average molecular weight is 319 g/mol. The number of hydrogen-bond acceptors (Lipinski definition) is 4. The molecule has 1 aliphatic heterocycles. The van der Waals surface area contributed by atoms with Crippen LogP contribution in [-0.4, -0.2) is 35.3 Å². The fourth-order valence-electron chi connectivity index (χ4n) is 2.52. The van der Waals surface area contributed by atoms with Crippen molar-refractivity contribution in [2.45, 2.75) is 12.5 Å². The van der Waals surface area contributed by atoms with Crippen molar-refractivity contribution in [1.82, 2.24) is 4.90 Å². The number of nitrogens with zero attached hydrogens (tertiary/aromatic N) is 1. The van der Waals surface area contributed by atoms with Crippen molar-refractivity contribution < 1.29 is 14.6 Å². The van der Waals surface area contributed by atoms with E-state index in [1.54, 1.807) is 0 Å². The molecule has 4 N–H and O–H groups in total. The molecule has 1 aliphatic rings. The fraction of sp³-hybridized carbons (Fsp3) is 0.500. The molecule has 0 aromatic heterocycles. The van der Waals surface area contributed by atoms with Crippen LogP contribution < -0.4 is 5.73 Å².